The standard InChI is InChI=1S/C26H19F5N2O2/c27-20-12-19(13-21(28)14-20)25(26(29,30)31)15-22(32-35-25)16-7-9-18(10-8-16)24(34)33-11-3-5-17-4-1-2-6-23(17)33/h1-2,4,6-10,12-14H,3,5,11,15H2. The molecule has 2 heterocycles. The maximum Gasteiger partial charge on any atom is 0.435 e. The summed E-state index contributed by atoms with van der Waals surface area (Å²) in [6, 6.07) is 15.3. The number of rotatable bonds is 3. The Hall–Kier alpha value is -3.75. The molecule has 2 aliphatic heterocycles. The van der Waals surface area contributed by atoms with Crippen LogP contribution in [0.2, 0.25) is 0 Å². The minimum absolute atomic E-state index is 0.0469. The van der Waals surface area contributed by atoms with Crippen LogP contribution in [0.5, 0.6) is 0 Å². The van der Waals surface area contributed by atoms with Crippen molar-refractivity contribution in [2.75, 3.05) is 11.4 Å². The Morgan fingerprint density at radius 3 is 2.34 bits per heavy atom. The zero-order valence-corrected chi connectivity index (χ0v) is 18.3. The number of anilines is 1. The average molecular weight is 486 g/mol. The van der Waals surface area contributed by atoms with Crippen LogP contribution >= 0.6 is 0 Å². The number of fused-ring (bicyclic) bond motifs is 1. The monoisotopic (exact) mass is 486 g/mol. The summed E-state index contributed by atoms with van der Waals surface area (Å²) in [5, 5.41) is 3.61. The molecule has 3 aromatic rings. The molecule has 1 amide bonds. The fourth-order valence-electron chi connectivity index (χ4n) is 4.55. The number of halogens is 5. The first-order valence-electron chi connectivity index (χ1n) is 11.0. The zero-order valence-electron chi connectivity index (χ0n) is 18.3. The summed E-state index contributed by atoms with van der Waals surface area (Å²) in [6.45, 7) is 0.566. The largest absolute Gasteiger partial charge is 0.435 e. The highest BCUT2D eigenvalue weighted by Gasteiger charge is 2.62. The van der Waals surface area contributed by atoms with Gasteiger partial charge in [0.25, 0.3) is 11.5 Å². The lowest BCUT2D eigenvalue weighted by atomic mass is 9.86. The molecule has 0 aromatic heterocycles. The normalized spacial score (nSPS) is 19.7. The van der Waals surface area contributed by atoms with Crippen molar-refractivity contribution in [3.05, 3.63) is 101 Å². The Kier molecular flexibility index (Phi) is 5.57. The zero-order chi connectivity index (χ0) is 24.8. The van der Waals surface area contributed by atoms with Gasteiger partial charge in [0.1, 0.15) is 11.6 Å². The van der Waals surface area contributed by atoms with Gasteiger partial charge in [-0.2, -0.15) is 13.2 Å². The lowest BCUT2D eigenvalue weighted by Gasteiger charge is -2.29. The van der Waals surface area contributed by atoms with Gasteiger partial charge in [-0.3, -0.25) is 4.79 Å². The lowest BCUT2D eigenvalue weighted by molar-refractivity contribution is -0.276. The molecule has 180 valence electrons. The Bertz CT molecular complexity index is 1300. The summed E-state index contributed by atoms with van der Waals surface area (Å²) in [6.07, 6.45) is -4.05. The summed E-state index contributed by atoms with van der Waals surface area (Å²) >= 11 is 0. The fourth-order valence-corrected chi connectivity index (χ4v) is 4.55. The number of hydrogen-bond donors (Lipinski definition) is 0. The van der Waals surface area contributed by atoms with Gasteiger partial charge < -0.3 is 9.74 Å². The third-order valence-electron chi connectivity index (χ3n) is 6.34. The summed E-state index contributed by atoms with van der Waals surface area (Å²) < 4.78 is 69.6. The summed E-state index contributed by atoms with van der Waals surface area (Å²) in [7, 11) is 0. The van der Waals surface area contributed by atoms with E-state index in [1.807, 2.05) is 24.3 Å². The smallest absolute Gasteiger partial charge is 0.374 e. The van der Waals surface area contributed by atoms with Crippen LogP contribution in [0.1, 0.15) is 39.9 Å². The molecule has 0 spiro atoms. The number of carbonyl (C=O) groups excluding carboxylic acids is 1. The van der Waals surface area contributed by atoms with E-state index in [9.17, 15) is 26.7 Å². The van der Waals surface area contributed by atoms with Crippen molar-refractivity contribution in [1.29, 1.82) is 0 Å². The van der Waals surface area contributed by atoms with Gasteiger partial charge in [-0.25, -0.2) is 8.78 Å². The molecule has 0 saturated carbocycles. The number of para-hydroxylation sites is 1. The summed E-state index contributed by atoms with van der Waals surface area (Å²) in [4.78, 5) is 19.7. The highest BCUT2D eigenvalue weighted by atomic mass is 19.4. The van der Waals surface area contributed by atoms with Crippen LogP contribution in [-0.2, 0) is 16.9 Å². The first-order chi connectivity index (χ1) is 16.7. The number of nitrogens with zero attached hydrogens (tertiary/aromatic N) is 2. The lowest BCUT2D eigenvalue weighted by Crippen LogP contribution is -2.42. The third kappa shape index (κ3) is 4.05. The second-order valence-electron chi connectivity index (χ2n) is 8.56. The number of amides is 1. The van der Waals surface area contributed by atoms with Crippen molar-refractivity contribution < 1.29 is 31.6 Å². The van der Waals surface area contributed by atoms with Gasteiger partial charge in [0.2, 0.25) is 0 Å². The summed E-state index contributed by atoms with van der Waals surface area (Å²) in [5.41, 5.74) is -1.16. The van der Waals surface area contributed by atoms with Crippen LogP contribution in [0.3, 0.4) is 0 Å². The van der Waals surface area contributed by atoms with Crippen molar-refractivity contribution in [3.8, 4) is 0 Å². The van der Waals surface area contributed by atoms with Crippen molar-refractivity contribution >= 4 is 17.3 Å². The van der Waals surface area contributed by atoms with Crippen molar-refractivity contribution in [2.45, 2.75) is 31.0 Å². The minimum atomic E-state index is -4.99. The molecule has 2 aliphatic rings. The van der Waals surface area contributed by atoms with Crippen LogP contribution < -0.4 is 4.90 Å². The van der Waals surface area contributed by atoms with Gasteiger partial charge in [0.05, 0.1) is 5.71 Å². The molecule has 35 heavy (non-hydrogen) atoms. The van der Waals surface area contributed by atoms with Gasteiger partial charge in [-0.05, 0) is 54.3 Å². The predicted octanol–water partition coefficient (Wildman–Crippen LogP) is 6.14. The fraction of sp³-hybridized carbons (Fsp3) is 0.231. The average Bonchev–Trinajstić information content (AvgIpc) is 3.30. The molecule has 0 bridgehead atoms. The molecule has 0 N–H and O–H groups in total. The first kappa shape index (κ1) is 23.0. The molecule has 3 aromatic carbocycles. The van der Waals surface area contributed by atoms with Gasteiger partial charge in [-0.1, -0.05) is 35.5 Å². The van der Waals surface area contributed by atoms with Crippen molar-refractivity contribution in [3.63, 3.8) is 0 Å². The molecule has 5 rings (SSSR count). The van der Waals surface area contributed by atoms with Crippen LogP contribution in [0.15, 0.2) is 71.9 Å². The van der Waals surface area contributed by atoms with Gasteiger partial charge >= 0.3 is 6.18 Å². The molecule has 0 fully saturated rings. The Balaban J connectivity index is 1.40. The first-order valence-corrected chi connectivity index (χ1v) is 11.0. The predicted molar refractivity (Wildman–Crippen MR) is 119 cm³/mol. The Morgan fingerprint density at radius 2 is 1.66 bits per heavy atom. The van der Waals surface area contributed by atoms with Gasteiger partial charge in [0, 0.05) is 35.8 Å². The second-order valence-corrected chi connectivity index (χ2v) is 8.56. The maximum atomic E-state index is 14.1. The molecule has 0 radical (unpaired) electrons. The minimum Gasteiger partial charge on any atom is -0.374 e. The van der Waals surface area contributed by atoms with Crippen molar-refractivity contribution in [2.24, 2.45) is 5.16 Å². The SMILES string of the molecule is O=C(c1ccc(C2=NOC(c3cc(F)cc(F)c3)(C(F)(F)F)C2)cc1)N1CCCc2ccccc21. The number of alkyl halides is 3. The van der Waals surface area contributed by atoms with E-state index in [-0.39, 0.29) is 11.6 Å². The third-order valence-corrected chi connectivity index (χ3v) is 6.34. The van der Waals surface area contributed by atoms with E-state index in [4.69, 9.17) is 4.84 Å². The van der Waals surface area contributed by atoms with E-state index < -0.39 is 35.4 Å². The van der Waals surface area contributed by atoms with E-state index in [1.54, 1.807) is 4.90 Å². The van der Waals surface area contributed by atoms with E-state index >= 15 is 0 Å². The van der Waals surface area contributed by atoms with Gasteiger partial charge in [0.15, 0.2) is 0 Å². The topological polar surface area (TPSA) is 41.9 Å². The molecule has 0 saturated heterocycles. The van der Waals surface area contributed by atoms with Crippen LogP contribution in [-0.4, -0.2) is 24.3 Å². The molecular formula is C26H19F5N2O2. The Morgan fingerprint density at radius 1 is 0.971 bits per heavy atom. The quantitative estimate of drug-likeness (QED) is 0.418. The molecule has 0 aliphatic carbocycles. The van der Waals surface area contributed by atoms with E-state index in [0.29, 0.717) is 35.9 Å². The molecule has 1 atom stereocenters. The van der Waals surface area contributed by atoms with E-state index in [2.05, 4.69) is 5.16 Å². The van der Waals surface area contributed by atoms with Crippen LogP contribution in [0.4, 0.5) is 27.6 Å². The van der Waals surface area contributed by atoms with Crippen LogP contribution in [0.25, 0.3) is 0 Å². The van der Waals surface area contributed by atoms with E-state index in [1.165, 1.54) is 24.3 Å². The van der Waals surface area contributed by atoms with Crippen LogP contribution in [0, 0.1) is 11.6 Å². The molecular weight excluding hydrogens is 467 g/mol. The number of oxime groups is 1. The van der Waals surface area contributed by atoms with Gasteiger partial charge in [-0.15, -0.1) is 0 Å². The second kappa shape index (κ2) is 8.48. The highest BCUT2D eigenvalue weighted by Crippen LogP contribution is 2.49. The number of carbonyl (C=O) groups is 1. The number of benzene rings is 3. The van der Waals surface area contributed by atoms with Crippen molar-refractivity contribution in [1.82, 2.24) is 0 Å². The number of aryl methyl sites for hydroxylation is 1. The highest BCUT2D eigenvalue weighted by molar-refractivity contribution is 6.08. The number of hydrogen-bond acceptors (Lipinski definition) is 3. The molecule has 1 unspecified atom stereocenters. The maximum absolute atomic E-state index is 14.1. The Labute approximate surface area is 197 Å². The molecule has 4 nitrogen and oxygen atoms in total. The van der Waals surface area contributed by atoms with E-state index in [0.717, 1.165) is 24.1 Å². The molecule has 9 heteroatoms. The summed E-state index contributed by atoms with van der Waals surface area (Å²) in [5.74, 6) is -2.51.